The van der Waals surface area contributed by atoms with E-state index in [9.17, 15) is 0 Å². The molecule has 27 heavy (non-hydrogen) atoms. The van der Waals surface area contributed by atoms with E-state index < -0.39 is 8.32 Å². The minimum atomic E-state index is -1.52. The summed E-state index contributed by atoms with van der Waals surface area (Å²) in [6.45, 7) is 10.1. The quantitative estimate of drug-likeness (QED) is 0.148. The van der Waals surface area contributed by atoms with Gasteiger partial charge in [0.25, 0.3) is 0 Å². The second-order valence-corrected chi connectivity index (χ2v) is 12.0. The molecular formula is C23H40O3Si. The van der Waals surface area contributed by atoms with Crippen LogP contribution in [0.4, 0.5) is 0 Å². The highest BCUT2D eigenvalue weighted by molar-refractivity contribution is 6.73. The zero-order valence-corrected chi connectivity index (χ0v) is 19.1. The van der Waals surface area contributed by atoms with Crippen molar-refractivity contribution in [3.05, 3.63) is 47.5 Å². The lowest BCUT2D eigenvalue weighted by atomic mass is 10.1. The molecule has 1 atom stereocenters. The second kappa shape index (κ2) is 14.1. The fraction of sp³-hybridized carbons (Fsp3) is 0.652. The fourth-order valence-electron chi connectivity index (χ4n) is 3.38. The van der Waals surface area contributed by atoms with Gasteiger partial charge in [0.2, 0.25) is 0 Å². The van der Waals surface area contributed by atoms with Crippen LogP contribution in [0.3, 0.4) is 0 Å². The van der Waals surface area contributed by atoms with E-state index >= 15 is 0 Å². The maximum Gasteiger partial charge on any atom is 0.192 e. The standard InChI is InChI=1S/C23H40O3Si/c1-6-12-23(26-27(7-2,8-3)9-4)14-11-10-13-21-15-17-22(18-16-21)19-25-20-24-5/h10-11,15-18,23H,6-9,12-14,19-20H2,1-5H3/b11-10+. The van der Waals surface area contributed by atoms with Gasteiger partial charge in [-0.25, -0.2) is 0 Å². The van der Waals surface area contributed by atoms with Crippen LogP contribution in [0.5, 0.6) is 0 Å². The number of methoxy groups -OCH3 is 1. The van der Waals surface area contributed by atoms with Crippen molar-refractivity contribution in [2.24, 2.45) is 0 Å². The molecule has 154 valence electrons. The Balaban J connectivity index is 2.50. The van der Waals surface area contributed by atoms with Crippen molar-refractivity contribution in [1.29, 1.82) is 0 Å². The van der Waals surface area contributed by atoms with Crippen molar-refractivity contribution >= 4 is 8.32 Å². The first-order valence-corrected chi connectivity index (χ1v) is 13.1. The van der Waals surface area contributed by atoms with Gasteiger partial charge in [-0.15, -0.1) is 0 Å². The number of hydrogen-bond donors (Lipinski definition) is 0. The molecule has 0 spiro atoms. The summed E-state index contributed by atoms with van der Waals surface area (Å²) in [6.07, 6.45) is 9.34. The summed E-state index contributed by atoms with van der Waals surface area (Å²) >= 11 is 0. The maximum atomic E-state index is 6.70. The molecule has 4 heteroatoms. The van der Waals surface area contributed by atoms with Crippen LogP contribution in [0.1, 0.15) is 58.1 Å². The highest BCUT2D eigenvalue weighted by Crippen LogP contribution is 2.26. The molecule has 1 rings (SSSR count). The van der Waals surface area contributed by atoms with Gasteiger partial charge in [-0.1, -0.05) is 70.5 Å². The highest BCUT2D eigenvalue weighted by Gasteiger charge is 2.31. The molecule has 0 bridgehead atoms. The maximum absolute atomic E-state index is 6.70. The average Bonchev–Trinajstić information content (AvgIpc) is 2.70. The van der Waals surface area contributed by atoms with E-state index in [1.807, 2.05) is 0 Å². The van der Waals surface area contributed by atoms with Crippen LogP contribution in [-0.4, -0.2) is 28.3 Å². The Bertz CT molecular complexity index is 501. The highest BCUT2D eigenvalue weighted by atomic mass is 28.4. The molecule has 0 aliphatic heterocycles. The Morgan fingerprint density at radius 1 is 0.926 bits per heavy atom. The third-order valence-corrected chi connectivity index (χ3v) is 10.1. The molecule has 0 amide bonds. The van der Waals surface area contributed by atoms with Crippen LogP contribution in [-0.2, 0) is 26.9 Å². The van der Waals surface area contributed by atoms with Crippen LogP contribution in [0.15, 0.2) is 36.4 Å². The van der Waals surface area contributed by atoms with Crippen molar-refractivity contribution in [3.8, 4) is 0 Å². The summed E-state index contributed by atoms with van der Waals surface area (Å²) in [5.41, 5.74) is 2.50. The molecule has 0 aliphatic rings. The van der Waals surface area contributed by atoms with E-state index in [0.29, 0.717) is 19.5 Å². The predicted octanol–water partition coefficient (Wildman–Crippen LogP) is 6.49. The third-order valence-electron chi connectivity index (χ3n) is 5.37. The first-order chi connectivity index (χ1) is 13.1. The summed E-state index contributed by atoms with van der Waals surface area (Å²) in [5, 5.41) is 0. The van der Waals surface area contributed by atoms with Crippen molar-refractivity contribution in [2.75, 3.05) is 13.9 Å². The van der Waals surface area contributed by atoms with Gasteiger partial charge in [0.1, 0.15) is 6.79 Å². The minimum Gasteiger partial charge on any atom is -0.414 e. The number of allylic oxidation sites excluding steroid dienone is 1. The van der Waals surface area contributed by atoms with Gasteiger partial charge in [0, 0.05) is 13.2 Å². The minimum absolute atomic E-state index is 0.337. The summed E-state index contributed by atoms with van der Waals surface area (Å²) in [5.74, 6) is 0. The van der Waals surface area contributed by atoms with Crippen molar-refractivity contribution in [1.82, 2.24) is 0 Å². The van der Waals surface area contributed by atoms with E-state index in [2.05, 4.69) is 64.1 Å². The molecule has 0 radical (unpaired) electrons. The number of ether oxygens (including phenoxy) is 2. The summed E-state index contributed by atoms with van der Waals surface area (Å²) < 4.78 is 17.0. The molecule has 0 aromatic heterocycles. The zero-order chi connectivity index (χ0) is 20.0. The molecule has 1 aromatic carbocycles. The smallest absolute Gasteiger partial charge is 0.192 e. The normalized spacial score (nSPS) is 13.4. The Morgan fingerprint density at radius 3 is 2.11 bits per heavy atom. The summed E-state index contributed by atoms with van der Waals surface area (Å²) in [7, 11) is 0.122. The fourth-order valence-corrected chi connectivity index (χ4v) is 6.30. The summed E-state index contributed by atoms with van der Waals surface area (Å²) in [6, 6.07) is 12.3. The van der Waals surface area contributed by atoms with Gasteiger partial charge in [-0.05, 0) is 48.5 Å². The molecule has 0 saturated carbocycles. The number of benzene rings is 1. The molecule has 3 nitrogen and oxygen atoms in total. The Hall–Kier alpha value is -0.943. The van der Waals surface area contributed by atoms with Crippen molar-refractivity contribution < 1.29 is 13.9 Å². The van der Waals surface area contributed by atoms with Gasteiger partial charge in [0.05, 0.1) is 6.61 Å². The van der Waals surface area contributed by atoms with E-state index in [4.69, 9.17) is 13.9 Å². The van der Waals surface area contributed by atoms with Crippen LogP contribution in [0, 0.1) is 0 Å². The topological polar surface area (TPSA) is 27.7 Å². The Labute approximate surface area is 168 Å². The monoisotopic (exact) mass is 392 g/mol. The van der Waals surface area contributed by atoms with Gasteiger partial charge in [-0.3, -0.25) is 0 Å². The first-order valence-electron chi connectivity index (χ1n) is 10.6. The van der Waals surface area contributed by atoms with E-state index in [-0.39, 0.29) is 0 Å². The Morgan fingerprint density at radius 2 is 1.56 bits per heavy atom. The van der Waals surface area contributed by atoms with Gasteiger partial charge in [-0.2, -0.15) is 0 Å². The largest absolute Gasteiger partial charge is 0.414 e. The summed E-state index contributed by atoms with van der Waals surface area (Å²) in [4.78, 5) is 0. The lowest BCUT2D eigenvalue weighted by Crippen LogP contribution is -2.39. The third kappa shape index (κ3) is 9.20. The van der Waals surface area contributed by atoms with Crippen LogP contribution in [0.25, 0.3) is 0 Å². The number of rotatable bonds is 15. The van der Waals surface area contributed by atoms with E-state index in [1.165, 1.54) is 35.7 Å². The Kier molecular flexibility index (Phi) is 12.6. The molecule has 1 unspecified atom stereocenters. The van der Waals surface area contributed by atoms with E-state index in [0.717, 1.165) is 19.3 Å². The van der Waals surface area contributed by atoms with Gasteiger partial charge >= 0.3 is 0 Å². The lowest BCUT2D eigenvalue weighted by molar-refractivity contribution is -0.0390. The molecular weight excluding hydrogens is 352 g/mol. The van der Waals surface area contributed by atoms with Crippen LogP contribution >= 0.6 is 0 Å². The predicted molar refractivity (Wildman–Crippen MR) is 118 cm³/mol. The molecule has 0 heterocycles. The molecule has 0 N–H and O–H groups in total. The van der Waals surface area contributed by atoms with Crippen molar-refractivity contribution in [2.45, 2.75) is 84.2 Å². The average molecular weight is 393 g/mol. The number of hydrogen-bond acceptors (Lipinski definition) is 3. The zero-order valence-electron chi connectivity index (χ0n) is 18.1. The van der Waals surface area contributed by atoms with Gasteiger partial charge in [0.15, 0.2) is 8.32 Å². The second-order valence-electron chi connectivity index (χ2n) is 7.25. The van der Waals surface area contributed by atoms with E-state index in [1.54, 1.807) is 7.11 Å². The van der Waals surface area contributed by atoms with Gasteiger partial charge < -0.3 is 13.9 Å². The molecule has 0 fully saturated rings. The lowest BCUT2D eigenvalue weighted by Gasteiger charge is -2.33. The molecule has 0 saturated heterocycles. The van der Waals surface area contributed by atoms with Crippen LogP contribution in [0.2, 0.25) is 18.1 Å². The first kappa shape index (κ1) is 24.1. The van der Waals surface area contributed by atoms with Crippen LogP contribution < -0.4 is 0 Å². The SMILES string of the molecule is CCCC(C/C=C/Cc1ccc(COCOC)cc1)O[Si](CC)(CC)CC. The molecule has 1 aromatic rings. The molecule has 0 aliphatic carbocycles. The van der Waals surface area contributed by atoms with Crippen molar-refractivity contribution in [3.63, 3.8) is 0 Å².